The van der Waals surface area contributed by atoms with E-state index in [0.29, 0.717) is 28.9 Å². The smallest absolute Gasteiger partial charge is 0.231 e. The van der Waals surface area contributed by atoms with Crippen LogP contribution in [-0.2, 0) is 22.4 Å². The predicted molar refractivity (Wildman–Crippen MR) is 89.7 cm³/mol. The Morgan fingerprint density at radius 3 is 1.86 bits per heavy atom. The van der Waals surface area contributed by atoms with Crippen LogP contribution in [0.2, 0.25) is 6.04 Å². The van der Waals surface area contributed by atoms with Gasteiger partial charge in [0.25, 0.3) is 0 Å². The van der Waals surface area contributed by atoms with Crippen molar-refractivity contribution >= 4 is 21.4 Å². The van der Waals surface area contributed by atoms with Gasteiger partial charge in [-0.2, -0.15) is 0 Å². The highest BCUT2D eigenvalue weighted by molar-refractivity contribution is 6.31. The number of alkyl halides is 1. The van der Waals surface area contributed by atoms with Gasteiger partial charge in [0.15, 0.2) is 0 Å². The van der Waals surface area contributed by atoms with Crippen molar-refractivity contribution in [3.8, 4) is 0 Å². The molecule has 0 saturated carbocycles. The fourth-order valence-electron chi connectivity index (χ4n) is 1.56. The molecular formula is C17H21ClO2Si. The lowest BCUT2D eigenvalue weighted by molar-refractivity contribution is 0.185. The second-order valence-corrected chi connectivity index (χ2v) is 5.73. The summed E-state index contributed by atoms with van der Waals surface area (Å²) >= 11 is 5.51. The lowest BCUT2D eigenvalue weighted by Crippen LogP contribution is -1.98. The van der Waals surface area contributed by atoms with E-state index in [9.17, 15) is 0 Å². The normalized spacial score (nSPS) is 9.81. The fraction of sp³-hybridized carbons (Fsp3) is 0.294. The number of benzene rings is 2. The van der Waals surface area contributed by atoms with Crippen molar-refractivity contribution in [3.63, 3.8) is 0 Å². The Morgan fingerprint density at radius 2 is 1.38 bits per heavy atom. The number of ether oxygens (including phenoxy) is 1. The molecule has 0 heterocycles. The largest absolute Gasteiger partial charge is 0.413 e. The third-order valence-corrected chi connectivity index (χ3v) is 3.84. The molecule has 2 aromatic rings. The zero-order valence-corrected chi connectivity index (χ0v) is 14.1. The van der Waals surface area contributed by atoms with Crippen molar-refractivity contribution in [2.45, 2.75) is 19.3 Å². The molecular weight excluding hydrogens is 300 g/mol. The maximum Gasteiger partial charge on any atom is 0.231 e. The molecule has 0 fully saturated rings. The molecule has 0 aliphatic carbocycles. The molecule has 112 valence electrons. The van der Waals surface area contributed by atoms with E-state index in [2.05, 4.69) is 12.1 Å². The third kappa shape index (κ3) is 9.42. The minimum absolute atomic E-state index is 0.526. The van der Waals surface area contributed by atoms with Gasteiger partial charge in [0.05, 0.1) is 13.2 Å². The van der Waals surface area contributed by atoms with E-state index in [-0.39, 0.29) is 0 Å². The van der Waals surface area contributed by atoms with Crippen molar-refractivity contribution in [1.82, 2.24) is 0 Å². The third-order valence-electron chi connectivity index (χ3n) is 2.53. The highest BCUT2D eigenvalue weighted by Crippen LogP contribution is 2.00. The molecule has 21 heavy (non-hydrogen) atoms. The summed E-state index contributed by atoms with van der Waals surface area (Å²) in [4.78, 5) is 0. The van der Waals surface area contributed by atoms with Gasteiger partial charge < -0.3 is 9.16 Å². The summed E-state index contributed by atoms with van der Waals surface area (Å²) in [5.41, 5.74) is 2.44. The van der Waals surface area contributed by atoms with Crippen LogP contribution in [0, 0.1) is 0 Å². The minimum Gasteiger partial charge on any atom is -0.413 e. The molecule has 0 bridgehead atoms. The first-order valence-electron chi connectivity index (χ1n) is 6.84. The summed E-state index contributed by atoms with van der Waals surface area (Å²) in [5.74, 6) is 0.688. The Hall–Kier alpha value is -1.13. The molecule has 2 radical (unpaired) electrons. The van der Waals surface area contributed by atoms with Crippen molar-refractivity contribution in [3.05, 3.63) is 71.8 Å². The molecule has 4 heteroatoms. The van der Waals surface area contributed by atoms with Crippen molar-refractivity contribution in [2.75, 3.05) is 13.0 Å². The topological polar surface area (TPSA) is 18.5 Å². The maximum atomic E-state index is 5.51. The zero-order valence-electron chi connectivity index (χ0n) is 12.3. The highest BCUT2D eigenvalue weighted by atomic mass is 35.5. The van der Waals surface area contributed by atoms with Gasteiger partial charge in [-0.15, -0.1) is 11.6 Å². The van der Waals surface area contributed by atoms with Crippen LogP contribution in [-0.4, -0.2) is 22.8 Å². The Morgan fingerprint density at radius 1 is 0.857 bits per heavy atom. The fourth-order valence-corrected chi connectivity index (χ4v) is 2.28. The Bertz CT molecular complexity index is 451. The molecule has 2 rings (SSSR count). The average Bonchev–Trinajstić information content (AvgIpc) is 2.55. The van der Waals surface area contributed by atoms with Crippen LogP contribution in [0.4, 0.5) is 0 Å². The molecule has 2 aromatic carbocycles. The summed E-state index contributed by atoms with van der Waals surface area (Å²) in [6.07, 6.45) is 0. The molecule has 0 atom stereocenters. The van der Waals surface area contributed by atoms with Gasteiger partial charge in [0.2, 0.25) is 9.76 Å². The molecule has 0 aliphatic rings. The van der Waals surface area contributed by atoms with Gasteiger partial charge in [0, 0.05) is 13.0 Å². The molecule has 2 nitrogen and oxygen atoms in total. The van der Waals surface area contributed by atoms with Gasteiger partial charge >= 0.3 is 0 Å². The summed E-state index contributed by atoms with van der Waals surface area (Å²) in [7, 11) is 2.23. The maximum absolute atomic E-state index is 5.51. The number of rotatable bonds is 7. The van der Waals surface area contributed by atoms with E-state index < -0.39 is 0 Å². The van der Waals surface area contributed by atoms with Crippen LogP contribution < -0.4 is 0 Å². The Labute approximate surface area is 135 Å². The van der Waals surface area contributed by atoms with Crippen LogP contribution in [0.3, 0.4) is 0 Å². The quantitative estimate of drug-likeness (QED) is 0.430. The SMILES string of the molecule is COCc1ccccc1.ClCC[Si]OCc1ccccc1. The van der Waals surface area contributed by atoms with Gasteiger partial charge in [-0.3, -0.25) is 0 Å². The van der Waals surface area contributed by atoms with Crippen molar-refractivity contribution < 1.29 is 9.16 Å². The predicted octanol–water partition coefficient (Wildman–Crippen LogP) is 4.31. The molecule has 0 amide bonds. The first kappa shape index (κ1) is 17.9. The average molecular weight is 321 g/mol. The number of methoxy groups -OCH3 is 1. The summed E-state index contributed by atoms with van der Waals surface area (Å²) in [6, 6.07) is 21.2. The summed E-state index contributed by atoms with van der Waals surface area (Å²) in [6.45, 7) is 1.41. The molecule has 0 saturated heterocycles. The van der Waals surface area contributed by atoms with Crippen LogP contribution >= 0.6 is 11.6 Å². The molecule has 0 aliphatic heterocycles. The van der Waals surface area contributed by atoms with Gasteiger partial charge in [-0.05, 0) is 17.2 Å². The van der Waals surface area contributed by atoms with Crippen LogP contribution in [0.25, 0.3) is 0 Å². The molecule has 0 unspecified atom stereocenters. The second kappa shape index (κ2) is 12.6. The van der Waals surface area contributed by atoms with E-state index in [0.717, 1.165) is 6.04 Å². The molecule has 0 spiro atoms. The highest BCUT2D eigenvalue weighted by Gasteiger charge is 1.92. The van der Waals surface area contributed by atoms with Crippen molar-refractivity contribution in [1.29, 1.82) is 0 Å². The zero-order chi connectivity index (χ0) is 15.2. The number of hydrogen-bond donors (Lipinski definition) is 0. The van der Waals surface area contributed by atoms with Gasteiger partial charge in [-0.1, -0.05) is 60.7 Å². The Balaban J connectivity index is 0.000000219. The number of halogens is 1. The van der Waals surface area contributed by atoms with Crippen LogP contribution in [0.15, 0.2) is 60.7 Å². The lowest BCUT2D eigenvalue weighted by atomic mass is 10.2. The van der Waals surface area contributed by atoms with Gasteiger partial charge in [-0.25, -0.2) is 0 Å². The van der Waals surface area contributed by atoms with E-state index >= 15 is 0 Å². The van der Waals surface area contributed by atoms with E-state index in [1.807, 2.05) is 48.5 Å². The number of hydrogen-bond acceptors (Lipinski definition) is 2. The Kier molecular flexibility index (Phi) is 10.7. The second-order valence-electron chi connectivity index (χ2n) is 4.28. The van der Waals surface area contributed by atoms with E-state index in [1.165, 1.54) is 11.1 Å². The lowest BCUT2D eigenvalue weighted by Gasteiger charge is -2.00. The van der Waals surface area contributed by atoms with E-state index in [1.54, 1.807) is 7.11 Å². The monoisotopic (exact) mass is 320 g/mol. The standard InChI is InChI=1S/C9H11ClOSi.C8H10O/c10-6-7-12-11-8-9-4-2-1-3-5-9;1-9-7-8-5-3-2-4-6-8/h1-5H,6-8H2;2-6H,7H2,1H3. The summed E-state index contributed by atoms with van der Waals surface area (Å²) < 4.78 is 10.3. The first-order valence-corrected chi connectivity index (χ1v) is 8.49. The van der Waals surface area contributed by atoms with E-state index in [4.69, 9.17) is 20.8 Å². The first-order chi connectivity index (χ1) is 10.4. The van der Waals surface area contributed by atoms with Crippen LogP contribution in [0.1, 0.15) is 11.1 Å². The van der Waals surface area contributed by atoms with Gasteiger partial charge in [0.1, 0.15) is 0 Å². The summed E-state index contributed by atoms with van der Waals surface area (Å²) in [5, 5.41) is 0. The molecule has 0 N–H and O–H groups in total. The minimum atomic E-state index is 0.526. The molecule has 0 aromatic heterocycles. The van der Waals surface area contributed by atoms with Crippen molar-refractivity contribution in [2.24, 2.45) is 0 Å². The van der Waals surface area contributed by atoms with Crippen LogP contribution in [0.5, 0.6) is 0 Å².